The Morgan fingerprint density at radius 1 is 1.02 bits per heavy atom. The maximum absolute atomic E-state index is 12.6. The number of β-amino-alcohol motifs (C(OH)–C–C–N with tert-alkyl or cyclic N) is 1. The highest BCUT2D eigenvalue weighted by Crippen LogP contribution is 2.26. The number of nitrogens with one attached hydrogen (secondary N) is 2. The van der Waals surface area contributed by atoms with Crippen molar-refractivity contribution in [2.75, 3.05) is 19.7 Å². The second-order valence-electron chi connectivity index (χ2n) is 10.8. The van der Waals surface area contributed by atoms with Gasteiger partial charge in [-0.3, -0.25) is 9.59 Å². The fourth-order valence-electron chi connectivity index (χ4n) is 4.19. The molecule has 1 aromatic heterocycles. The number of unbranched alkanes of at least 4 members (excludes halogenated alkanes) is 3. The van der Waals surface area contributed by atoms with Crippen LogP contribution >= 0.6 is 0 Å². The van der Waals surface area contributed by atoms with Crippen LogP contribution in [0.25, 0.3) is 11.0 Å². The molecule has 0 saturated heterocycles. The standard InChI is InChI=1S/C32H44N2O6/c1-5-7-11-17-38-21-25-18-23(15-16-28(25)40-30(36)14-8-6-2)26(35)20-34-32(3,4)22-33-31(37)29-19-24-12-9-10-13-27(24)39-29/h9-10,12-13,15-16,18-19,26,34-35H,5-8,11,14,17,20-22H2,1-4H3,(H,33,37). The summed E-state index contributed by atoms with van der Waals surface area (Å²) in [5.74, 6) is 0.167. The summed E-state index contributed by atoms with van der Waals surface area (Å²) in [6.45, 7) is 9.59. The number of ether oxygens (including phenoxy) is 2. The summed E-state index contributed by atoms with van der Waals surface area (Å²) in [6, 6.07) is 14.5. The van der Waals surface area contributed by atoms with Gasteiger partial charge < -0.3 is 29.6 Å². The fraction of sp³-hybridized carbons (Fsp3) is 0.500. The lowest BCUT2D eigenvalue weighted by Gasteiger charge is -2.28. The number of aliphatic hydroxyl groups is 1. The molecule has 0 aliphatic carbocycles. The van der Waals surface area contributed by atoms with E-state index >= 15 is 0 Å². The first-order chi connectivity index (χ1) is 19.2. The van der Waals surface area contributed by atoms with Crippen LogP contribution in [0.1, 0.15) is 94.0 Å². The molecule has 218 valence electrons. The predicted molar refractivity (Wildman–Crippen MR) is 156 cm³/mol. The van der Waals surface area contributed by atoms with E-state index in [0.717, 1.165) is 43.1 Å². The maximum atomic E-state index is 12.6. The summed E-state index contributed by atoms with van der Waals surface area (Å²) >= 11 is 0. The number of furan rings is 1. The van der Waals surface area contributed by atoms with Crippen molar-refractivity contribution in [2.24, 2.45) is 0 Å². The van der Waals surface area contributed by atoms with Crippen molar-refractivity contribution in [1.29, 1.82) is 0 Å². The quantitative estimate of drug-likeness (QED) is 0.106. The van der Waals surface area contributed by atoms with Crippen molar-refractivity contribution >= 4 is 22.8 Å². The minimum absolute atomic E-state index is 0.261. The van der Waals surface area contributed by atoms with Gasteiger partial charge in [-0.15, -0.1) is 0 Å². The zero-order valence-corrected chi connectivity index (χ0v) is 24.3. The van der Waals surface area contributed by atoms with E-state index in [9.17, 15) is 14.7 Å². The third kappa shape index (κ3) is 9.77. The van der Waals surface area contributed by atoms with E-state index in [0.29, 0.717) is 43.1 Å². The molecule has 0 spiro atoms. The molecule has 3 rings (SSSR count). The molecule has 2 aromatic carbocycles. The first-order valence-electron chi connectivity index (χ1n) is 14.3. The van der Waals surface area contributed by atoms with Crippen LogP contribution in [0.5, 0.6) is 5.75 Å². The molecule has 3 aromatic rings. The summed E-state index contributed by atoms with van der Waals surface area (Å²) in [7, 11) is 0. The van der Waals surface area contributed by atoms with Crippen LogP contribution in [-0.4, -0.2) is 42.2 Å². The Morgan fingerprint density at radius 2 is 1.80 bits per heavy atom. The maximum Gasteiger partial charge on any atom is 0.311 e. The molecular weight excluding hydrogens is 508 g/mol. The fourth-order valence-corrected chi connectivity index (χ4v) is 4.19. The van der Waals surface area contributed by atoms with Gasteiger partial charge in [-0.25, -0.2) is 0 Å². The van der Waals surface area contributed by atoms with Gasteiger partial charge in [-0.2, -0.15) is 0 Å². The summed E-state index contributed by atoms with van der Waals surface area (Å²) in [5.41, 5.74) is 1.59. The molecule has 0 aliphatic heterocycles. The smallest absolute Gasteiger partial charge is 0.311 e. The number of hydrogen-bond donors (Lipinski definition) is 3. The summed E-state index contributed by atoms with van der Waals surface area (Å²) in [5, 5.41) is 18.1. The Balaban J connectivity index is 1.57. The number of aliphatic hydroxyl groups excluding tert-OH is 1. The van der Waals surface area contributed by atoms with Gasteiger partial charge in [0.05, 0.1) is 12.7 Å². The summed E-state index contributed by atoms with van der Waals surface area (Å²) < 4.78 is 17.1. The molecule has 8 nitrogen and oxygen atoms in total. The van der Waals surface area contributed by atoms with E-state index in [1.54, 1.807) is 18.2 Å². The average Bonchev–Trinajstić information content (AvgIpc) is 3.39. The van der Waals surface area contributed by atoms with Gasteiger partial charge in [0.1, 0.15) is 11.3 Å². The molecule has 1 atom stereocenters. The molecule has 0 saturated carbocycles. The molecule has 0 bridgehead atoms. The van der Waals surface area contributed by atoms with Crippen LogP contribution in [0.4, 0.5) is 0 Å². The number of rotatable bonds is 17. The van der Waals surface area contributed by atoms with Crippen molar-refractivity contribution in [3.05, 3.63) is 65.4 Å². The van der Waals surface area contributed by atoms with E-state index in [2.05, 4.69) is 17.6 Å². The van der Waals surface area contributed by atoms with Crippen molar-refractivity contribution in [3.63, 3.8) is 0 Å². The minimum atomic E-state index is -0.811. The van der Waals surface area contributed by atoms with E-state index in [1.165, 1.54) is 0 Å². The number of fused-ring (bicyclic) bond motifs is 1. The Hall–Kier alpha value is -3.20. The Labute approximate surface area is 237 Å². The predicted octanol–water partition coefficient (Wildman–Crippen LogP) is 6.07. The molecule has 40 heavy (non-hydrogen) atoms. The SMILES string of the molecule is CCCCCOCc1cc(C(O)CNC(C)(C)CNC(=O)c2cc3ccccc3o2)ccc1OC(=O)CCCC. The van der Waals surface area contributed by atoms with Gasteiger partial charge in [0.15, 0.2) is 5.76 Å². The third-order valence-corrected chi connectivity index (χ3v) is 6.69. The number of benzene rings is 2. The van der Waals surface area contributed by atoms with Crippen LogP contribution in [-0.2, 0) is 16.1 Å². The first kappa shape index (κ1) is 31.3. The van der Waals surface area contributed by atoms with Crippen molar-refractivity contribution < 1.29 is 28.6 Å². The van der Waals surface area contributed by atoms with Gasteiger partial charge in [-0.1, -0.05) is 57.4 Å². The first-order valence-corrected chi connectivity index (χ1v) is 14.3. The molecule has 1 heterocycles. The Bertz CT molecular complexity index is 1200. The number of esters is 1. The zero-order chi connectivity index (χ0) is 29.0. The highest BCUT2D eigenvalue weighted by Gasteiger charge is 2.22. The zero-order valence-electron chi connectivity index (χ0n) is 24.3. The molecule has 0 aliphatic rings. The highest BCUT2D eigenvalue weighted by molar-refractivity contribution is 5.96. The number of amides is 1. The van der Waals surface area contributed by atoms with Crippen molar-refractivity contribution in [1.82, 2.24) is 10.6 Å². The molecule has 1 unspecified atom stereocenters. The summed E-state index contributed by atoms with van der Waals surface area (Å²) in [4.78, 5) is 24.9. The number of hydrogen-bond acceptors (Lipinski definition) is 7. The van der Waals surface area contributed by atoms with Crippen LogP contribution in [0.2, 0.25) is 0 Å². The van der Waals surface area contributed by atoms with Gasteiger partial charge in [0, 0.05) is 42.6 Å². The second-order valence-corrected chi connectivity index (χ2v) is 10.8. The van der Waals surface area contributed by atoms with Crippen LogP contribution in [0, 0.1) is 0 Å². The highest BCUT2D eigenvalue weighted by atomic mass is 16.5. The number of carbonyl (C=O) groups excluding carboxylic acids is 2. The van der Waals surface area contributed by atoms with Gasteiger partial charge in [-0.05, 0) is 56.5 Å². The number of carbonyl (C=O) groups is 2. The number of para-hydroxylation sites is 1. The molecule has 3 N–H and O–H groups in total. The van der Waals surface area contributed by atoms with Crippen molar-refractivity contribution in [2.45, 2.75) is 84.5 Å². The topological polar surface area (TPSA) is 110 Å². The molecular formula is C32H44N2O6. The monoisotopic (exact) mass is 552 g/mol. The minimum Gasteiger partial charge on any atom is -0.451 e. The lowest BCUT2D eigenvalue weighted by Crippen LogP contribution is -2.50. The third-order valence-electron chi connectivity index (χ3n) is 6.69. The Kier molecular flexibility index (Phi) is 12.2. The Morgan fingerprint density at radius 3 is 2.55 bits per heavy atom. The average molecular weight is 553 g/mol. The van der Waals surface area contributed by atoms with E-state index in [4.69, 9.17) is 13.9 Å². The molecule has 8 heteroatoms. The van der Waals surface area contributed by atoms with Gasteiger partial charge in [0.2, 0.25) is 0 Å². The van der Waals surface area contributed by atoms with Crippen molar-refractivity contribution in [3.8, 4) is 5.75 Å². The molecule has 1 amide bonds. The van der Waals surface area contributed by atoms with Gasteiger partial charge >= 0.3 is 5.97 Å². The normalized spacial score (nSPS) is 12.4. The van der Waals surface area contributed by atoms with Crippen LogP contribution < -0.4 is 15.4 Å². The lowest BCUT2D eigenvalue weighted by atomic mass is 10.0. The van der Waals surface area contributed by atoms with E-state index in [1.807, 2.05) is 51.1 Å². The largest absolute Gasteiger partial charge is 0.451 e. The second kappa shape index (κ2) is 15.6. The molecule has 0 fully saturated rings. The summed E-state index contributed by atoms with van der Waals surface area (Å²) in [6.07, 6.45) is 4.42. The molecule has 0 radical (unpaired) electrons. The lowest BCUT2D eigenvalue weighted by molar-refractivity contribution is -0.134. The van der Waals surface area contributed by atoms with Gasteiger partial charge in [0.25, 0.3) is 5.91 Å². The van der Waals surface area contributed by atoms with Crippen LogP contribution in [0.15, 0.2) is 52.9 Å². The van der Waals surface area contributed by atoms with E-state index < -0.39 is 11.6 Å². The van der Waals surface area contributed by atoms with E-state index in [-0.39, 0.29) is 24.2 Å². The van der Waals surface area contributed by atoms with Crippen LogP contribution in [0.3, 0.4) is 0 Å².